The van der Waals surface area contributed by atoms with Crippen LogP contribution in [0.3, 0.4) is 0 Å². The molecule has 0 aliphatic carbocycles. The van der Waals surface area contributed by atoms with Crippen molar-refractivity contribution in [3.63, 3.8) is 0 Å². The lowest BCUT2D eigenvalue weighted by Gasteiger charge is -2.31. The molecule has 3 rings (SSSR count). The molecule has 2 amide bonds. The lowest BCUT2D eigenvalue weighted by Crippen LogP contribution is -2.41. The van der Waals surface area contributed by atoms with E-state index >= 15 is 0 Å². The van der Waals surface area contributed by atoms with Crippen molar-refractivity contribution in [2.75, 3.05) is 25.4 Å². The Morgan fingerprint density at radius 3 is 2.64 bits per heavy atom. The summed E-state index contributed by atoms with van der Waals surface area (Å²) in [6.07, 6.45) is 7.20. The number of rotatable bonds is 8. The molecule has 2 heterocycles. The fraction of sp³-hybridized carbons (Fsp3) is 0.364. The fourth-order valence-electron chi connectivity index (χ4n) is 3.13. The molecule has 5 nitrogen and oxygen atoms in total. The van der Waals surface area contributed by atoms with Crippen LogP contribution in [0.1, 0.15) is 25.0 Å². The number of nitrogens with zero attached hydrogens (tertiary/aromatic N) is 1. The molecule has 0 saturated carbocycles. The summed E-state index contributed by atoms with van der Waals surface area (Å²) >= 11 is 1.70. The van der Waals surface area contributed by atoms with Gasteiger partial charge >= 0.3 is 0 Å². The van der Waals surface area contributed by atoms with Gasteiger partial charge in [0, 0.05) is 42.8 Å². The van der Waals surface area contributed by atoms with Crippen LogP contribution in [-0.2, 0) is 9.59 Å². The van der Waals surface area contributed by atoms with Crippen molar-refractivity contribution in [2.45, 2.75) is 24.2 Å². The van der Waals surface area contributed by atoms with Crippen LogP contribution >= 0.6 is 11.8 Å². The molecule has 1 fully saturated rings. The summed E-state index contributed by atoms with van der Waals surface area (Å²) in [7, 11) is 0. The molecular weight excluding hydrogens is 372 g/mol. The van der Waals surface area contributed by atoms with Gasteiger partial charge in [-0.1, -0.05) is 18.2 Å². The third kappa shape index (κ3) is 6.60. The van der Waals surface area contributed by atoms with Crippen LogP contribution in [0.25, 0.3) is 6.08 Å². The van der Waals surface area contributed by atoms with Crippen molar-refractivity contribution in [3.8, 4) is 0 Å². The smallest absolute Gasteiger partial charge is 0.246 e. The lowest BCUT2D eigenvalue weighted by atomic mass is 9.96. The third-order valence-electron chi connectivity index (χ3n) is 4.79. The number of nitrogens with one attached hydrogen (secondary N) is 1. The lowest BCUT2D eigenvalue weighted by molar-refractivity contribution is -0.127. The summed E-state index contributed by atoms with van der Waals surface area (Å²) in [5.41, 5.74) is 0. The minimum Gasteiger partial charge on any atom is -0.465 e. The van der Waals surface area contributed by atoms with E-state index in [4.69, 9.17) is 4.42 Å². The average molecular weight is 399 g/mol. The van der Waals surface area contributed by atoms with E-state index in [1.165, 1.54) is 4.90 Å². The highest BCUT2D eigenvalue weighted by molar-refractivity contribution is 7.99. The first-order chi connectivity index (χ1) is 13.7. The van der Waals surface area contributed by atoms with Gasteiger partial charge in [-0.2, -0.15) is 0 Å². The number of furan rings is 1. The fourth-order valence-corrected chi connectivity index (χ4v) is 4.00. The highest BCUT2D eigenvalue weighted by Crippen LogP contribution is 2.19. The van der Waals surface area contributed by atoms with E-state index in [0.717, 1.165) is 31.7 Å². The number of thioether (sulfide) groups is 1. The predicted octanol–water partition coefficient (Wildman–Crippen LogP) is 3.83. The van der Waals surface area contributed by atoms with Crippen molar-refractivity contribution >= 4 is 29.7 Å². The largest absolute Gasteiger partial charge is 0.465 e. The summed E-state index contributed by atoms with van der Waals surface area (Å²) in [4.78, 5) is 27.3. The quantitative estimate of drug-likeness (QED) is 0.542. The maximum atomic E-state index is 12.2. The van der Waals surface area contributed by atoms with Crippen LogP contribution < -0.4 is 5.32 Å². The van der Waals surface area contributed by atoms with E-state index < -0.39 is 0 Å². The van der Waals surface area contributed by atoms with Crippen LogP contribution in [-0.4, -0.2) is 42.1 Å². The van der Waals surface area contributed by atoms with Crippen LogP contribution in [0.2, 0.25) is 0 Å². The second kappa shape index (κ2) is 10.8. The van der Waals surface area contributed by atoms with Crippen molar-refractivity contribution in [1.29, 1.82) is 0 Å². The minimum atomic E-state index is 0.0109. The Morgan fingerprint density at radius 1 is 1.14 bits per heavy atom. The van der Waals surface area contributed by atoms with E-state index in [0.29, 0.717) is 24.6 Å². The Kier molecular flexibility index (Phi) is 7.79. The van der Waals surface area contributed by atoms with Gasteiger partial charge < -0.3 is 14.6 Å². The van der Waals surface area contributed by atoms with E-state index in [2.05, 4.69) is 17.4 Å². The van der Waals surface area contributed by atoms with Crippen LogP contribution in [0.5, 0.6) is 0 Å². The van der Waals surface area contributed by atoms with E-state index in [1.807, 2.05) is 29.2 Å². The predicted molar refractivity (Wildman–Crippen MR) is 112 cm³/mol. The second-order valence-electron chi connectivity index (χ2n) is 6.83. The van der Waals surface area contributed by atoms with E-state index in [9.17, 15) is 9.59 Å². The molecule has 0 radical (unpaired) electrons. The number of hydrogen-bond donors (Lipinski definition) is 1. The molecule has 0 bridgehead atoms. The maximum Gasteiger partial charge on any atom is 0.246 e. The Bertz CT molecular complexity index is 766. The molecule has 0 spiro atoms. The number of piperidine rings is 1. The molecule has 2 aromatic rings. The first-order valence-electron chi connectivity index (χ1n) is 9.66. The van der Waals surface area contributed by atoms with E-state index in [1.54, 1.807) is 36.2 Å². The van der Waals surface area contributed by atoms with Gasteiger partial charge in [-0.25, -0.2) is 0 Å². The summed E-state index contributed by atoms with van der Waals surface area (Å²) < 4.78 is 5.20. The third-order valence-corrected chi connectivity index (χ3v) is 5.80. The Hall–Kier alpha value is -2.47. The van der Waals surface area contributed by atoms with Crippen molar-refractivity contribution in [2.24, 2.45) is 5.92 Å². The van der Waals surface area contributed by atoms with Gasteiger partial charge in [0.2, 0.25) is 11.8 Å². The molecule has 1 aromatic heterocycles. The highest BCUT2D eigenvalue weighted by Gasteiger charge is 2.21. The van der Waals surface area contributed by atoms with Crippen molar-refractivity contribution in [1.82, 2.24) is 10.2 Å². The van der Waals surface area contributed by atoms with Gasteiger partial charge in [0.15, 0.2) is 0 Å². The molecule has 1 N–H and O–H groups in total. The number of carbonyl (C=O) groups excluding carboxylic acids is 2. The van der Waals surface area contributed by atoms with Crippen LogP contribution in [0, 0.1) is 5.92 Å². The van der Waals surface area contributed by atoms with Gasteiger partial charge in [-0.05, 0) is 49.1 Å². The molecule has 1 aliphatic rings. The maximum absolute atomic E-state index is 12.2. The molecule has 0 unspecified atom stereocenters. The van der Waals surface area contributed by atoms with Crippen molar-refractivity contribution in [3.05, 3.63) is 60.6 Å². The number of likely N-dealkylation sites (tertiary alicyclic amines) is 1. The second-order valence-corrected chi connectivity index (χ2v) is 8.00. The Morgan fingerprint density at radius 2 is 1.93 bits per heavy atom. The molecule has 1 aliphatic heterocycles. The standard InChI is InChI=1S/C22H26N2O3S/c25-21(12-16-28-20-6-2-1-3-7-20)23-17-18-10-13-24(14-11-18)22(26)9-8-19-5-4-15-27-19/h1-9,15,18H,10-14,16-17H2,(H,23,25). The normalized spacial score (nSPS) is 15.1. The highest BCUT2D eigenvalue weighted by atomic mass is 32.2. The first kappa shape index (κ1) is 20.3. The zero-order valence-corrected chi connectivity index (χ0v) is 16.7. The van der Waals surface area contributed by atoms with Gasteiger partial charge in [-0.3, -0.25) is 9.59 Å². The molecule has 0 atom stereocenters. The first-order valence-corrected chi connectivity index (χ1v) is 10.6. The summed E-state index contributed by atoms with van der Waals surface area (Å²) in [6.45, 7) is 2.15. The van der Waals surface area contributed by atoms with Crippen molar-refractivity contribution < 1.29 is 14.0 Å². The van der Waals surface area contributed by atoms with Crippen LogP contribution in [0.4, 0.5) is 0 Å². The number of hydrogen-bond acceptors (Lipinski definition) is 4. The molecule has 1 aromatic carbocycles. The molecule has 148 valence electrons. The van der Waals surface area contributed by atoms with E-state index in [-0.39, 0.29) is 11.8 Å². The molecular formula is C22H26N2O3S. The van der Waals surface area contributed by atoms with Gasteiger partial charge in [0.05, 0.1) is 6.26 Å². The van der Waals surface area contributed by atoms with Gasteiger partial charge in [-0.15, -0.1) is 11.8 Å². The molecule has 1 saturated heterocycles. The summed E-state index contributed by atoms with van der Waals surface area (Å²) in [5, 5.41) is 3.04. The number of benzene rings is 1. The molecule has 28 heavy (non-hydrogen) atoms. The number of amides is 2. The average Bonchev–Trinajstić information content (AvgIpc) is 3.25. The monoisotopic (exact) mass is 398 g/mol. The SMILES string of the molecule is O=C(CCSc1ccccc1)NCC1CCN(C(=O)C=Cc2ccco2)CC1. The minimum absolute atomic E-state index is 0.0109. The zero-order chi connectivity index (χ0) is 19.6. The van der Waals surface area contributed by atoms with Gasteiger partial charge in [0.1, 0.15) is 5.76 Å². The Labute approximate surface area is 170 Å². The van der Waals surface area contributed by atoms with Gasteiger partial charge in [0.25, 0.3) is 0 Å². The summed E-state index contributed by atoms with van der Waals surface area (Å²) in [5.74, 6) is 2.01. The molecule has 6 heteroatoms. The summed E-state index contributed by atoms with van der Waals surface area (Å²) in [6, 6.07) is 13.7. The Balaban J connectivity index is 1.29. The zero-order valence-electron chi connectivity index (χ0n) is 15.9. The van der Waals surface area contributed by atoms with Crippen LogP contribution in [0.15, 0.2) is 64.1 Å². The topological polar surface area (TPSA) is 62.6 Å². The number of carbonyl (C=O) groups is 2.